The first-order chi connectivity index (χ1) is 15.9. The summed E-state index contributed by atoms with van der Waals surface area (Å²) < 4.78 is 1.36. The van der Waals surface area contributed by atoms with Gasteiger partial charge in [-0.2, -0.15) is 5.10 Å². The second-order valence-corrected chi connectivity index (χ2v) is 7.30. The minimum absolute atomic E-state index is 0.0860. The number of hydrogen-bond acceptors (Lipinski definition) is 6. The van der Waals surface area contributed by atoms with Gasteiger partial charge < -0.3 is 22.1 Å². The van der Waals surface area contributed by atoms with Crippen LogP contribution in [0.2, 0.25) is 0 Å². The Morgan fingerprint density at radius 1 is 0.879 bits per heavy atom. The molecule has 0 saturated heterocycles. The van der Waals surface area contributed by atoms with E-state index in [9.17, 15) is 14.4 Å². The van der Waals surface area contributed by atoms with Gasteiger partial charge in [0.25, 0.3) is 11.8 Å². The Balaban J connectivity index is 1.49. The van der Waals surface area contributed by atoms with E-state index in [0.29, 0.717) is 16.9 Å². The molecule has 6 N–H and O–H groups in total. The zero-order valence-electron chi connectivity index (χ0n) is 17.5. The van der Waals surface area contributed by atoms with Crippen LogP contribution in [0.3, 0.4) is 0 Å². The van der Waals surface area contributed by atoms with Gasteiger partial charge in [0.2, 0.25) is 5.91 Å². The van der Waals surface area contributed by atoms with E-state index in [1.54, 1.807) is 48.5 Å². The quantitative estimate of drug-likeness (QED) is 0.315. The van der Waals surface area contributed by atoms with Crippen LogP contribution in [-0.2, 0) is 13.1 Å². The molecule has 0 fully saturated rings. The molecule has 0 bridgehead atoms. The lowest BCUT2D eigenvalue weighted by molar-refractivity contribution is 0.0940. The van der Waals surface area contributed by atoms with Gasteiger partial charge in [-0.05, 0) is 35.4 Å². The Bertz CT molecular complexity index is 1350. The highest BCUT2D eigenvalue weighted by Crippen LogP contribution is 2.11. The van der Waals surface area contributed by atoms with Crippen LogP contribution in [0, 0.1) is 0 Å². The summed E-state index contributed by atoms with van der Waals surface area (Å²) in [7, 11) is 0. The molecule has 0 aliphatic rings. The number of anilines is 1. The highest BCUT2D eigenvalue weighted by Gasteiger charge is 2.17. The molecule has 0 saturated carbocycles. The van der Waals surface area contributed by atoms with Crippen molar-refractivity contribution in [3.63, 3.8) is 0 Å². The molecule has 4 rings (SSSR count). The average Bonchev–Trinajstić information content (AvgIpc) is 3.29. The van der Waals surface area contributed by atoms with Gasteiger partial charge in [-0.3, -0.25) is 14.4 Å². The smallest absolute Gasteiger partial charge is 0.270 e. The van der Waals surface area contributed by atoms with E-state index in [2.05, 4.69) is 20.7 Å². The lowest BCUT2D eigenvalue weighted by atomic mass is 10.1. The van der Waals surface area contributed by atoms with E-state index in [1.807, 2.05) is 6.07 Å². The summed E-state index contributed by atoms with van der Waals surface area (Å²) in [5.74, 6) is -1.39. The maximum Gasteiger partial charge on any atom is 0.270 e. The Hall–Kier alpha value is -4.73. The highest BCUT2D eigenvalue weighted by molar-refractivity contribution is 5.98. The van der Waals surface area contributed by atoms with Crippen molar-refractivity contribution in [2.75, 3.05) is 5.73 Å². The maximum atomic E-state index is 12.9. The number of carbonyl (C=O) groups excluding carboxylic acids is 3. The zero-order valence-corrected chi connectivity index (χ0v) is 17.5. The maximum absolute atomic E-state index is 12.9. The number of amides is 3. The third-order valence-corrected chi connectivity index (χ3v) is 4.92. The molecule has 0 spiro atoms. The molecule has 33 heavy (non-hydrogen) atoms. The van der Waals surface area contributed by atoms with Crippen LogP contribution >= 0.6 is 0 Å². The molecule has 10 nitrogen and oxygen atoms in total. The molecule has 4 aromatic rings. The second-order valence-electron chi connectivity index (χ2n) is 7.30. The second kappa shape index (κ2) is 9.18. The van der Waals surface area contributed by atoms with Crippen LogP contribution in [-0.4, -0.2) is 32.3 Å². The molecule has 2 aromatic carbocycles. The number of nitrogen functional groups attached to an aromatic ring is 1. The topological polar surface area (TPSA) is 157 Å². The molecule has 0 unspecified atom stereocenters. The van der Waals surface area contributed by atoms with Crippen molar-refractivity contribution >= 4 is 29.1 Å². The summed E-state index contributed by atoms with van der Waals surface area (Å²) in [6, 6.07) is 16.7. The number of nitrogens with one attached hydrogen (secondary N) is 2. The molecule has 0 radical (unpaired) electrons. The Labute approximate surface area is 188 Å². The lowest BCUT2D eigenvalue weighted by Crippen LogP contribution is -2.28. The molecule has 166 valence electrons. The number of nitrogens with zero attached hydrogens (tertiary/aromatic N) is 3. The Kier molecular flexibility index (Phi) is 5.98. The van der Waals surface area contributed by atoms with Crippen LogP contribution in [0.1, 0.15) is 42.5 Å². The minimum Gasteiger partial charge on any atom is -0.399 e. The molecule has 0 aliphatic heterocycles. The lowest BCUT2D eigenvalue weighted by Gasteiger charge is -2.10. The Morgan fingerprint density at radius 2 is 1.61 bits per heavy atom. The van der Waals surface area contributed by atoms with Crippen molar-refractivity contribution in [1.29, 1.82) is 0 Å². The van der Waals surface area contributed by atoms with Crippen LogP contribution in [0.25, 0.3) is 5.65 Å². The molecule has 0 atom stereocenters. The number of hydrogen-bond donors (Lipinski definition) is 4. The van der Waals surface area contributed by atoms with Crippen molar-refractivity contribution < 1.29 is 14.4 Å². The van der Waals surface area contributed by atoms with Gasteiger partial charge in [0.1, 0.15) is 11.4 Å². The Morgan fingerprint density at radius 3 is 2.33 bits per heavy atom. The fourth-order valence-corrected chi connectivity index (χ4v) is 3.23. The van der Waals surface area contributed by atoms with Gasteiger partial charge in [0.15, 0.2) is 5.65 Å². The first kappa shape index (κ1) is 21.5. The van der Waals surface area contributed by atoms with Crippen molar-refractivity contribution in [1.82, 2.24) is 25.2 Å². The third kappa shape index (κ3) is 4.96. The van der Waals surface area contributed by atoms with Crippen molar-refractivity contribution in [3.05, 3.63) is 94.9 Å². The normalized spacial score (nSPS) is 10.7. The largest absolute Gasteiger partial charge is 0.399 e. The average molecular weight is 443 g/mol. The SMILES string of the molecule is NC(=O)c1ccc(CNC(=O)c2cc(C(=O)NCc3cccc(N)c3)nc3ccnn23)cc1. The first-order valence-electron chi connectivity index (χ1n) is 10.0. The van der Waals surface area contributed by atoms with E-state index in [-0.39, 0.29) is 24.5 Å². The number of primary amides is 1. The molecule has 10 heteroatoms. The van der Waals surface area contributed by atoms with Gasteiger partial charge in [-0.1, -0.05) is 24.3 Å². The van der Waals surface area contributed by atoms with Crippen molar-refractivity contribution in [2.24, 2.45) is 5.73 Å². The van der Waals surface area contributed by atoms with Crippen LogP contribution < -0.4 is 22.1 Å². The molecular weight excluding hydrogens is 422 g/mol. The van der Waals surface area contributed by atoms with Gasteiger partial charge >= 0.3 is 0 Å². The summed E-state index contributed by atoms with van der Waals surface area (Å²) in [5, 5.41) is 9.69. The number of aromatic nitrogens is 3. The van der Waals surface area contributed by atoms with Crippen LogP contribution in [0.5, 0.6) is 0 Å². The minimum atomic E-state index is -0.523. The van der Waals surface area contributed by atoms with Crippen molar-refractivity contribution in [3.8, 4) is 0 Å². The molecule has 3 amide bonds. The number of nitrogens with two attached hydrogens (primary N) is 2. The van der Waals surface area contributed by atoms with E-state index >= 15 is 0 Å². The van der Waals surface area contributed by atoms with Gasteiger partial charge in [0.05, 0.1) is 6.20 Å². The monoisotopic (exact) mass is 443 g/mol. The van der Waals surface area contributed by atoms with Gasteiger partial charge in [0, 0.05) is 36.5 Å². The summed E-state index contributed by atoms with van der Waals surface area (Å²) in [6.07, 6.45) is 1.50. The van der Waals surface area contributed by atoms with Crippen molar-refractivity contribution in [2.45, 2.75) is 13.1 Å². The van der Waals surface area contributed by atoms with Gasteiger partial charge in [-0.25, -0.2) is 9.50 Å². The molecule has 2 aromatic heterocycles. The van der Waals surface area contributed by atoms with Crippen LogP contribution in [0.4, 0.5) is 5.69 Å². The highest BCUT2D eigenvalue weighted by atomic mass is 16.2. The number of carbonyl (C=O) groups is 3. The van der Waals surface area contributed by atoms with E-state index < -0.39 is 17.7 Å². The number of rotatable bonds is 7. The fourth-order valence-electron chi connectivity index (χ4n) is 3.23. The summed E-state index contributed by atoms with van der Waals surface area (Å²) in [6.45, 7) is 0.471. The number of fused-ring (bicyclic) bond motifs is 1. The zero-order chi connectivity index (χ0) is 23.4. The first-order valence-corrected chi connectivity index (χ1v) is 10.0. The molecule has 0 aliphatic carbocycles. The molecule has 2 heterocycles. The fraction of sp³-hybridized carbons (Fsp3) is 0.0870. The number of benzene rings is 2. The standard InChI is InChI=1S/C23H21N7O3/c24-17-3-1-2-15(10-17)13-26-22(32)18-11-19(30-20(29-18)8-9-28-30)23(33)27-12-14-4-6-16(7-5-14)21(25)31/h1-11H,12-13,24H2,(H2,25,31)(H,26,32)(H,27,33). The molecular formula is C23H21N7O3. The summed E-state index contributed by atoms with van der Waals surface area (Å²) >= 11 is 0. The summed E-state index contributed by atoms with van der Waals surface area (Å²) in [4.78, 5) is 41.1. The predicted molar refractivity (Wildman–Crippen MR) is 121 cm³/mol. The van der Waals surface area contributed by atoms with Crippen LogP contribution in [0.15, 0.2) is 66.9 Å². The summed E-state index contributed by atoms with van der Waals surface area (Å²) in [5.41, 5.74) is 14.2. The predicted octanol–water partition coefficient (Wildman–Crippen LogP) is 1.27. The van der Waals surface area contributed by atoms with E-state index in [4.69, 9.17) is 11.5 Å². The third-order valence-electron chi connectivity index (χ3n) is 4.92. The van der Waals surface area contributed by atoms with Gasteiger partial charge in [-0.15, -0.1) is 0 Å². The van der Waals surface area contributed by atoms with E-state index in [1.165, 1.54) is 16.8 Å². The van der Waals surface area contributed by atoms with E-state index in [0.717, 1.165) is 11.1 Å².